The molecule has 3 atom stereocenters. The van der Waals surface area contributed by atoms with Crippen LogP contribution in [0, 0.1) is 89.7 Å². The first-order chi connectivity index (χ1) is 65.2. The highest BCUT2D eigenvalue weighted by atomic mass is 35.5. The number of rotatable bonds is 15. The summed E-state index contributed by atoms with van der Waals surface area (Å²) in [7, 11) is 0. The van der Waals surface area contributed by atoms with E-state index in [2.05, 4.69) is 67.8 Å². The maximum Gasteiger partial charge on any atom is 0.276 e. The fraction of sp³-hybridized carbons (Fsp3) is 0.281. The number of carbonyl (C=O) groups is 3. The molecule has 15 rings (SSSR count). The third kappa shape index (κ3) is 18.0. The maximum absolute atomic E-state index is 14.8. The van der Waals surface area contributed by atoms with Crippen LogP contribution < -0.4 is 31.4 Å². The van der Waals surface area contributed by atoms with Crippen molar-refractivity contribution in [3.63, 3.8) is 0 Å². The fourth-order valence-corrected chi connectivity index (χ4v) is 19.9. The molecular weight excluding hydrogens is 1980 g/mol. The average molecular weight is 2060 g/mol. The van der Waals surface area contributed by atoms with Gasteiger partial charge in [-0.3, -0.25) is 57.4 Å². The third-order valence-corrected chi connectivity index (χ3v) is 27.0. The van der Waals surface area contributed by atoms with E-state index in [-0.39, 0.29) is 212 Å². The van der Waals surface area contributed by atoms with E-state index in [1.165, 1.54) is 50.1 Å². The molecule has 3 aliphatic heterocycles. The van der Waals surface area contributed by atoms with Gasteiger partial charge in [-0.1, -0.05) is 166 Å². The summed E-state index contributed by atoms with van der Waals surface area (Å²) in [4.78, 5) is 119. The number of hydrogen-bond donors (Lipinski definition) is 3. The molecule has 0 bridgehead atoms. The van der Waals surface area contributed by atoms with Gasteiger partial charge in [-0.2, -0.15) is 29.0 Å². The molecular formula is C96H81Cl9F6N18O9. The smallest absolute Gasteiger partial charge is 0.276 e. The number of pyridine rings is 9. The quantitative estimate of drug-likeness (QED) is 0.0371. The van der Waals surface area contributed by atoms with Crippen LogP contribution in [0.5, 0.6) is 17.2 Å². The Morgan fingerprint density at radius 2 is 0.630 bits per heavy atom. The van der Waals surface area contributed by atoms with Crippen LogP contribution in [0.2, 0.25) is 45.2 Å². The molecule has 0 radical (unpaired) electrons. The van der Waals surface area contributed by atoms with Crippen molar-refractivity contribution in [3.8, 4) is 86.3 Å². The molecule has 0 saturated carbocycles. The monoisotopic (exact) mass is 2060 g/mol. The lowest BCUT2D eigenvalue weighted by atomic mass is 10.0. The summed E-state index contributed by atoms with van der Waals surface area (Å²) in [6, 6.07) is 14.7. The Kier molecular flexibility index (Phi) is 30.3. The van der Waals surface area contributed by atoms with Gasteiger partial charge in [0.15, 0.2) is 34.7 Å². The summed E-state index contributed by atoms with van der Waals surface area (Å²) in [6.45, 7) is 35.2. The van der Waals surface area contributed by atoms with Crippen LogP contribution in [-0.4, -0.2) is 168 Å². The highest BCUT2D eigenvalue weighted by molar-refractivity contribution is 6.44. The van der Waals surface area contributed by atoms with Gasteiger partial charge in [0.25, 0.3) is 16.7 Å². The van der Waals surface area contributed by atoms with Crippen LogP contribution in [0.15, 0.2) is 107 Å². The normalized spacial score (nSPS) is 15.0. The van der Waals surface area contributed by atoms with Gasteiger partial charge in [0.05, 0.1) is 113 Å². The van der Waals surface area contributed by atoms with Crippen molar-refractivity contribution in [2.24, 2.45) is 0 Å². The molecule has 27 nitrogen and oxygen atoms in total. The second kappa shape index (κ2) is 40.8. The number of nitrogens with zero attached hydrogens (tertiary/aromatic N) is 18. The molecule has 12 heterocycles. The first-order valence-electron chi connectivity index (χ1n) is 42.4. The lowest BCUT2D eigenvalue weighted by Gasteiger charge is -2.41. The Bertz CT molecular complexity index is 6790. The molecule has 3 aliphatic rings. The van der Waals surface area contributed by atoms with Crippen molar-refractivity contribution >= 4 is 172 Å². The van der Waals surface area contributed by atoms with Gasteiger partial charge >= 0.3 is 0 Å². The van der Waals surface area contributed by atoms with Crippen LogP contribution in [0.4, 0.5) is 43.4 Å². The van der Waals surface area contributed by atoms with Gasteiger partial charge < -0.3 is 44.7 Å². The van der Waals surface area contributed by atoms with E-state index < -0.39 is 116 Å². The van der Waals surface area contributed by atoms with Crippen LogP contribution in [0.25, 0.3) is 83.9 Å². The van der Waals surface area contributed by atoms with Gasteiger partial charge in [0.2, 0.25) is 35.2 Å². The Labute approximate surface area is 830 Å². The van der Waals surface area contributed by atoms with Crippen LogP contribution in [-0.2, 0) is 14.4 Å². The second-order valence-corrected chi connectivity index (χ2v) is 37.1. The largest absolute Gasteiger partial charge is 0.504 e. The average Bonchev–Trinajstić information content (AvgIpc) is 0.726. The highest BCUT2D eigenvalue weighted by Crippen LogP contribution is 2.52. The molecule has 138 heavy (non-hydrogen) atoms. The van der Waals surface area contributed by atoms with Gasteiger partial charge in [0.1, 0.15) is 51.8 Å². The van der Waals surface area contributed by atoms with E-state index in [0.717, 1.165) is 0 Å². The molecule has 9 aromatic heterocycles. The highest BCUT2D eigenvalue weighted by Gasteiger charge is 2.40. The SMILES string of the molecule is C=CC(=O)N1CCN(c2c(C#N)c(=O)n(-c3c(C)ccnc3C(C)C)c3nc(-c4c(Cl)c(O)c(F)c(F)c4Cl)c(Cl)cc23)C[C@H]1C.C=CC(=O)N1CCN(c2c(C#N)c(=O)n(-c3c(C)ccnc3C(C)C)c3nc(-c4c(Cl)c(O)c(F)c(F)c4Cl)c(Cl)cc23)C[C@H]1C.C=CC(=O)N1CCN(c2c(C#N)c(=O)n(-c3c(C)ccnc3C(C)C)c3nc(-c4c(Cl)c(O)c(F)c(F)c4Cl)c(Cl)cc23)C[C@H]1C. The third-order valence-electron chi connectivity index (χ3n) is 24.0. The van der Waals surface area contributed by atoms with Crippen molar-refractivity contribution in [1.82, 2.24) is 58.3 Å². The van der Waals surface area contributed by atoms with Crippen molar-refractivity contribution in [1.29, 1.82) is 15.8 Å². The molecule has 42 heteroatoms. The number of aromatic hydroxyl groups is 3. The van der Waals surface area contributed by atoms with E-state index in [9.17, 15) is 86.2 Å². The molecule has 714 valence electrons. The van der Waals surface area contributed by atoms with Crippen molar-refractivity contribution < 1.29 is 56.0 Å². The van der Waals surface area contributed by atoms with Crippen molar-refractivity contribution in [2.45, 2.75) is 119 Å². The fourth-order valence-electron chi connectivity index (χ4n) is 17.4. The number of aromatic nitrogens is 9. The zero-order valence-corrected chi connectivity index (χ0v) is 82.2. The Balaban J connectivity index is 0.000000175. The lowest BCUT2D eigenvalue weighted by molar-refractivity contribution is -0.129. The Hall–Kier alpha value is -12.7. The van der Waals surface area contributed by atoms with Gasteiger partial charge in [-0.05, 0) is 131 Å². The predicted octanol–water partition coefficient (Wildman–Crippen LogP) is 20.8. The summed E-state index contributed by atoms with van der Waals surface area (Å²) in [6.07, 6.45) is 8.49. The zero-order valence-electron chi connectivity index (χ0n) is 75.4. The summed E-state index contributed by atoms with van der Waals surface area (Å²) >= 11 is 57.7. The van der Waals surface area contributed by atoms with E-state index >= 15 is 0 Å². The number of amides is 3. The summed E-state index contributed by atoms with van der Waals surface area (Å²) in [5.74, 6) is -14.5. The first kappa shape index (κ1) is 103. The summed E-state index contributed by atoms with van der Waals surface area (Å²) in [5.41, 5.74) is 0.634. The van der Waals surface area contributed by atoms with Crippen molar-refractivity contribution in [3.05, 3.63) is 255 Å². The summed E-state index contributed by atoms with van der Waals surface area (Å²) in [5, 5.41) is 58.2. The van der Waals surface area contributed by atoms with Crippen LogP contribution >= 0.6 is 104 Å². The number of benzene rings is 3. The molecule has 3 saturated heterocycles. The lowest BCUT2D eigenvalue weighted by Crippen LogP contribution is -2.54. The van der Waals surface area contributed by atoms with E-state index in [0.29, 0.717) is 50.8 Å². The number of hydrogen-bond acceptors (Lipinski definition) is 21. The van der Waals surface area contributed by atoms with E-state index in [1.807, 2.05) is 77.0 Å². The minimum atomic E-state index is -1.65. The Morgan fingerprint density at radius 1 is 0.399 bits per heavy atom. The molecule has 3 aromatic carbocycles. The van der Waals surface area contributed by atoms with Crippen molar-refractivity contribution in [2.75, 3.05) is 73.6 Å². The zero-order chi connectivity index (χ0) is 101. The number of aryl methyl sites for hydroxylation is 3. The molecule has 3 N–H and O–H groups in total. The maximum atomic E-state index is 14.8. The van der Waals surface area contributed by atoms with Gasteiger partial charge in [0, 0.05) is 128 Å². The predicted molar refractivity (Wildman–Crippen MR) is 523 cm³/mol. The molecule has 0 spiro atoms. The number of carbonyl (C=O) groups excluding carboxylic acids is 3. The number of nitriles is 3. The topological polar surface area (TPSA) is 346 Å². The van der Waals surface area contributed by atoms with E-state index in [4.69, 9.17) is 104 Å². The molecule has 0 unspecified atom stereocenters. The first-order valence-corrected chi connectivity index (χ1v) is 45.8. The van der Waals surface area contributed by atoms with Gasteiger partial charge in [-0.25, -0.2) is 28.1 Å². The Morgan fingerprint density at radius 3 is 0.833 bits per heavy atom. The molecule has 3 amide bonds. The van der Waals surface area contributed by atoms with Gasteiger partial charge in [-0.15, -0.1) is 0 Å². The minimum Gasteiger partial charge on any atom is -0.504 e. The molecule has 12 aromatic rings. The van der Waals surface area contributed by atoms with Crippen LogP contribution in [0.1, 0.15) is 131 Å². The number of phenols is 3. The number of fused-ring (bicyclic) bond motifs is 3. The minimum absolute atomic E-state index is 0.00925. The van der Waals surface area contributed by atoms with Crippen LogP contribution in [0.3, 0.4) is 0 Å². The molecule has 0 aliphatic carbocycles. The number of phenolic OH excluding ortho intramolecular Hbond substituents is 3. The molecule has 3 fully saturated rings. The number of piperazine rings is 3. The summed E-state index contributed by atoms with van der Waals surface area (Å²) < 4.78 is 91.0. The second-order valence-electron chi connectivity index (χ2n) is 33.6. The standard InChI is InChI=1S/3C32H27Cl3F2N6O3/c3*1-6-20(44)42-10-9-41(13-16(42)5)29-17-11-19(33)27(21-22(34)24(36)25(37)30(45)23(21)35)40-31(17)43(32(46)18(29)12-38)28-15(4)7-8-39-26(28)14(2)3/h3*6-8,11,14,16,45H,1,9-10,13H2,2-5H3/t3*16-/m111/s1. The number of anilines is 3. The van der Waals surface area contributed by atoms with E-state index in [1.54, 1.807) is 72.3 Å². The number of halogens is 15.